The van der Waals surface area contributed by atoms with Crippen LogP contribution < -0.4 is 15.8 Å². The lowest BCUT2D eigenvalue weighted by Crippen LogP contribution is -2.56. The van der Waals surface area contributed by atoms with Crippen LogP contribution in [0.3, 0.4) is 0 Å². The average molecular weight is 632 g/mol. The summed E-state index contributed by atoms with van der Waals surface area (Å²) in [5.74, 6) is -0.756. The van der Waals surface area contributed by atoms with Gasteiger partial charge in [0, 0.05) is 38.5 Å². The number of nitrogens with two attached hydrogens (primary N) is 1. The van der Waals surface area contributed by atoms with E-state index in [2.05, 4.69) is 58.7 Å². The van der Waals surface area contributed by atoms with Crippen LogP contribution in [0.4, 0.5) is 0 Å². The minimum atomic E-state index is -0.774. The van der Waals surface area contributed by atoms with Gasteiger partial charge in [0.05, 0.1) is 12.5 Å². The van der Waals surface area contributed by atoms with Crippen molar-refractivity contribution < 1.29 is 19.1 Å². The highest BCUT2D eigenvalue weighted by Gasteiger charge is 2.32. The fraction of sp³-hybridized carbons (Fsp3) is 0.282. The number of hydrogen-bond acceptors (Lipinski definition) is 5. The lowest BCUT2D eigenvalue weighted by atomic mass is 9.96. The molecule has 0 bridgehead atoms. The van der Waals surface area contributed by atoms with Gasteiger partial charge in [-0.3, -0.25) is 19.3 Å². The first-order chi connectivity index (χ1) is 22.9. The fourth-order valence-electron chi connectivity index (χ4n) is 5.83. The number of rotatable bonds is 14. The fourth-order valence-corrected chi connectivity index (χ4v) is 5.83. The predicted octanol–water partition coefficient (Wildman–Crippen LogP) is 4.94. The Bertz CT molecular complexity index is 1530. The normalized spacial score (nSPS) is 14.7. The summed E-state index contributed by atoms with van der Waals surface area (Å²) in [5, 5.41) is 2.92. The van der Waals surface area contributed by atoms with Crippen molar-refractivity contribution in [3.8, 4) is 5.75 Å². The Kier molecular flexibility index (Phi) is 11.8. The van der Waals surface area contributed by atoms with Crippen LogP contribution in [0.2, 0.25) is 0 Å². The molecule has 0 aromatic heterocycles. The minimum absolute atomic E-state index is 0.0784. The number of amides is 3. The zero-order valence-corrected chi connectivity index (χ0v) is 26.8. The van der Waals surface area contributed by atoms with Gasteiger partial charge < -0.3 is 20.7 Å². The number of carbonyl (C=O) groups is 3. The second kappa shape index (κ2) is 16.6. The van der Waals surface area contributed by atoms with Crippen LogP contribution in [0.25, 0.3) is 0 Å². The quantitative estimate of drug-likeness (QED) is 0.205. The summed E-state index contributed by atoms with van der Waals surface area (Å²) in [6.45, 7) is 4.59. The van der Waals surface area contributed by atoms with Crippen molar-refractivity contribution in [3.63, 3.8) is 0 Å². The molecule has 1 heterocycles. The van der Waals surface area contributed by atoms with Crippen LogP contribution in [0.1, 0.15) is 41.6 Å². The smallest absolute Gasteiger partial charge is 0.245 e. The molecule has 1 radical (unpaired) electrons. The summed E-state index contributed by atoms with van der Waals surface area (Å²) < 4.78 is 5.93. The number of piperazine rings is 1. The van der Waals surface area contributed by atoms with Crippen LogP contribution in [0.5, 0.6) is 5.75 Å². The summed E-state index contributed by atoms with van der Waals surface area (Å²) in [4.78, 5) is 42.7. The molecule has 47 heavy (non-hydrogen) atoms. The molecule has 8 heteroatoms. The van der Waals surface area contributed by atoms with Crippen molar-refractivity contribution in [1.29, 1.82) is 0 Å². The Labute approximate surface area is 277 Å². The Morgan fingerprint density at radius 1 is 0.766 bits per heavy atom. The van der Waals surface area contributed by atoms with Gasteiger partial charge in [0.15, 0.2) is 0 Å². The van der Waals surface area contributed by atoms with Gasteiger partial charge in [-0.05, 0) is 40.8 Å². The van der Waals surface area contributed by atoms with E-state index < -0.39 is 23.8 Å². The summed E-state index contributed by atoms with van der Waals surface area (Å²) in [5.41, 5.74) is 9.77. The van der Waals surface area contributed by atoms with Crippen molar-refractivity contribution in [1.82, 2.24) is 15.1 Å². The van der Waals surface area contributed by atoms with Crippen molar-refractivity contribution >= 4 is 17.7 Å². The Balaban J connectivity index is 1.26. The molecule has 2 atom stereocenters. The van der Waals surface area contributed by atoms with Crippen molar-refractivity contribution in [2.45, 2.75) is 38.5 Å². The summed E-state index contributed by atoms with van der Waals surface area (Å²) >= 11 is 0. The Morgan fingerprint density at radius 3 is 1.87 bits per heavy atom. The molecule has 8 nitrogen and oxygen atoms in total. The minimum Gasteiger partial charge on any atom is -0.489 e. The maximum absolute atomic E-state index is 14.0. The lowest BCUT2D eigenvalue weighted by molar-refractivity contribution is -0.137. The molecule has 0 aliphatic carbocycles. The first-order valence-corrected chi connectivity index (χ1v) is 16.2. The third-order valence-electron chi connectivity index (χ3n) is 8.59. The number of benzene rings is 4. The zero-order valence-electron chi connectivity index (χ0n) is 26.8. The molecule has 4 aromatic carbocycles. The third-order valence-corrected chi connectivity index (χ3v) is 8.59. The predicted molar refractivity (Wildman–Crippen MR) is 183 cm³/mol. The Hall–Kier alpha value is -4.95. The van der Waals surface area contributed by atoms with Crippen LogP contribution in [-0.4, -0.2) is 59.7 Å². The van der Waals surface area contributed by atoms with E-state index in [0.29, 0.717) is 39.2 Å². The molecule has 2 unspecified atom stereocenters. The van der Waals surface area contributed by atoms with Crippen molar-refractivity contribution in [2.75, 3.05) is 26.2 Å². The molecular formula is C39H43N4O4. The van der Waals surface area contributed by atoms with Gasteiger partial charge in [-0.15, -0.1) is 0 Å². The molecule has 0 spiro atoms. The highest BCUT2D eigenvalue weighted by atomic mass is 16.5. The van der Waals surface area contributed by atoms with E-state index in [1.54, 1.807) is 6.92 Å². The number of nitrogens with zero attached hydrogens (tertiary/aromatic N) is 2. The van der Waals surface area contributed by atoms with Gasteiger partial charge in [-0.1, -0.05) is 110 Å². The van der Waals surface area contributed by atoms with Gasteiger partial charge in [0.1, 0.15) is 18.4 Å². The molecule has 1 aliphatic heterocycles. The number of hydrogen-bond donors (Lipinski definition) is 2. The average Bonchev–Trinajstić information content (AvgIpc) is 3.11. The first-order valence-electron chi connectivity index (χ1n) is 16.2. The van der Waals surface area contributed by atoms with Gasteiger partial charge in [-0.2, -0.15) is 0 Å². The summed E-state index contributed by atoms with van der Waals surface area (Å²) in [6.07, 6.45) is 1.92. The van der Waals surface area contributed by atoms with Gasteiger partial charge in [0.25, 0.3) is 0 Å². The second-order valence-corrected chi connectivity index (χ2v) is 12.0. The third kappa shape index (κ3) is 9.53. The molecule has 1 fully saturated rings. The molecule has 3 N–H and O–H groups in total. The second-order valence-electron chi connectivity index (χ2n) is 12.0. The molecule has 5 rings (SSSR count). The topological polar surface area (TPSA) is 105 Å². The van der Waals surface area contributed by atoms with E-state index >= 15 is 0 Å². The maximum Gasteiger partial charge on any atom is 0.245 e. The Morgan fingerprint density at radius 2 is 1.32 bits per heavy atom. The van der Waals surface area contributed by atoms with E-state index in [-0.39, 0.29) is 18.4 Å². The van der Waals surface area contributed by atoms with E-state index in [4.69, 9.17) is 10.5 Å². The number of carbonyl (C=O) groups excluding carboxylic acids is 3. The standard InChI is InChI=1S/C39H43N4O4/c1-29(38(40)45)17-22-36(44)41-35(27-30-18-20-34(21-19-30)47-28-31-11-5-2-6-12-31)39(46)43-25-23-42(24-26-43)37(32-13-7-3-8-14-32)33-15-9-4-10-16-33/h2-16,18-22,29,35,37H,17,23-28H2,1H3,(H2,40,45)(H,41,44). The molecular weight excluding hydrogens is 588 g/mol. The molecule has 1 saturated heterocycles. The largest absolute Gasteiger partial charge is 0.489 e. The van der Waals surface area contributed by atoms with Crippen LogP contribution in [0, 0.1) is 12.3 Å². The van der Waals surface area contributed by atoms with E-state index in [9.17, 15) is 14.4 Å². The summed E-state index contributed by atoms with van der Waals surface area (Å²) in [7, 11) is 0. The van der Waals surface area contributed by atoms with Gasteiger partial charge in [0.2, 0.25) is 17.7 Å². The van der Waals surface area contributed by atoms with E-state index in [0.717, 1.165) is 16.9 Å². The monoisotopic (exact) mass is 631 g/mol. The van der Waals surface area contributed by atoms with Crippen LogP contribution >= 0.6 is 0 Å². The number of primary amides is 1. The number of nitrogens with one attached hydrogen (secondary N) is 1. The van der Waals surface area contributed by atoms with Gasteiger partial charge in [-0.25, -0.2) is 0 Å². The van der Waals surface area contributed by atoms with E-state index in [1.165, 1.54) is 17.5 Å². The zero-order chi connectivity index (χ0) is 33.0. The van der Waals surface area contributed by atoms with Crippen molar-refractivity contribution in [3.05, 3.63) is 144 Å². The maximum atomic E-state index is 14.0. The SMILES string of the molecule is CC(C[CH]C(=O)NC(Cc1ccc(OCc2ccccc2)cc1)C(=O)N1CCN(C(c2ccccc2)c2ccccc2)CC1)C(N)=O. The van der Waals surface area contributed by atoms with E-state index in [1.807, 2.05) is 71.6 Å². The lowest BCUT2D eigenvalue weighted by Gasteiger charge is -2.40. The molecule has 243 valence electrons. The highest BCUT2D eigenvalue weighted by Crippen LogP contribution is 2.29. The van der Waals surface area contributed by atoms with Gasteiger partial charge >= 0.3 is 0 Å². The first kappa shape index (κ1) is 33.4. The highest BCUT2D eigenvalue weighted by molar-refractivity contribution is 5.92. The van der Waals surface area contributed by atoms with Crippen LogP contribution in [0.15, 0.2) is 115 Å². The van der Waals surface area contributed by atoms with Crippen LogP contribution in [-0.2, 0) is 27.4 Å². The van der Waals surface area contributed by atoms with Crippen molar-refractivity contribution in [2.24, 2.45) is 11.7 Å². The summed E-state index contributed by atoms with van der Waals surface area (Å²) in [6, 6.07) is 37.7. The molecule has 3 amide bonds. The molecule has 4 aromatic rings. The number of ether oxygens (including phenoxy) is 1. The molecule has 1 aliphatic rings. The molecule has 0 saturated carbocycles.